The molecule has 5 nitrogen and oxygen atoms in total. The molecular formula is C15H19ClN2O3S2. The molecule has 2 rings (SSSR count). The van der Waals surface area contributed by atoms with Gasteiger partial charge in [-0.3, -0.25) is 0 Å². The molecule has 0 saturated carbocycles. The molecule has 23 heavy (non-hydrogen) atoms. The van der Waals surface area contributed by atoms with Crippen molar-refractivity contribution in [3.63, 3.8) is 0 Å². The van der Waals surface area contributed by atoms with Crippen molar-refractivity contribution in [1.29, 1.82) is 0 Å². The standard InChI is InChI=1S/C15H19ClN2O3S2/c1-11(17-9-12-5-3-2-4-6-12)13(10-19)18-23(20,21)15-8-7-14(16)22-15/h2-8,11,13,17-19H,9-10H2,1H3/t11?,13-/m1/s1. The minimum absolute atomic E-state index is 0.135. The lowest BCUT2D eigenvalue weighted by molar-refractivity contribution is 0.230. The monoisotopic (exact) mass is 374 g/mol. The number of sulfonamides is 1. The van der Waals surface area contributed by atoms with Crippen molar-refractivity contribution >= 4 is 33.0 Å². The van der Waals surface area contributed by atoms with Crippen molar-refractivity contribution in [1.82, 2.24) is 10.0 Å². The summed E-state index contributed by atoms with van der Waals surface area (Å²) in [5.74, 6) is 0. The summed E-state index contributed by atoms with van der Waals surface area (Å²) in [6.45, 7) is 2.11. The van der Waals surface area contributed by atoms with Gasteiger partial charge in [-0.05, 0) is 24.6 Å². The van der Waals surface area contributed by atoms with E-state index >= 15 is 0 Å². The molecule has 2 atom stereocenters. The molecule has 0 saturated heterocycles. The molecule has 0 amide bonds. The number of hydrogen-bond donors (Lipinski definition) is 3. The predicted octanol–water partition coefficient (Wildman–Crippen LogP) is 2.22. The smallest absolute Gasteiger partial charge is 0.250 e. The minimum atomic E-state index is -3.69. The molecule has 8 heteroatoms. The van der Waals surface area contributed by atoms with Gasteiger partial charge in [0.1, 0.15) is 4.21 Å². The van der Waals surface area contributed by atoms with Crippen molar-refractivity contribution < 1.29 is 13.5 Å². The van der Waals surface area contributed by atoms with E-state index in [1.807, 2.05) is 37.3 Å². The summed E-state index contributed by atoms with van der Waals surface area (Å²) in [4.78, 5) is 0. The van der Waals surface area contributed by atoms with Crippen LogP contribution in [-0.4, -0.2) is 32.2 Å². The van der Waals surface area contributed by atoms with Gasteiger partial charge < -0.3 is 10.4 Å². The maximum atomic E-state index is 12.3. The van der Waals surface area contributed by atoms with E-state index in [1.165, 1.54) is 12.1 Å². The molecule has 126 valence electrons. The third kappa shape index (κ3) is 5.27. The molecule has 1 unspecified atom stereocenters. The summed E-state index contributed by atoms with van der Waals surface area (Å²) in [6, 6.07) is 11.9. The van der Waals surface area contributed by atoms with E-state index in [1.54, 1.807) is 0 Å². The second kappa shape index (κ2) is 8.23. The van der Waals surface area contributed by atoms with Crippen LogP contribution in [0, 0.1) is 0 Å². The van der Waals surface area contributed by atoms with Gasteiger partial charge in [-0.1, -0.05) is 41.9 Å². The molecule has 1 aromatic heterocycles. The van der Waals surface area contributed by atoms with Gasteiger partial charge in [0.05, 0.1) is 17.0 Å². The van der Waals surface area contributed by atoms with Crippen LogP contribution in [0.15, 0.2) is 46.7 Å². The van der Waals surface area contributed by atoms with Gasteiger partial charge in [0.25, 0.3) is 0 Å². The second-order valence-electron chi connectivity index (χ2n) is 5.12. The fourth-order valence-corrected chi connectivity index (χ4v) is 4.82. The Labute approximate surface area is 145 Å². The second-order valence-corrected chi connectivity index (χ2v) is 8.78. The highest BCUT2D eigenvalue weighted by molar-refractivity contribution is 7.91. The maximum absolute atomic E-state index is 12.3. The van der Waals surface area contributed by atoms with Crippen LogP contribution in [-0.2, 0) is 16.6 Å². The third-order valence-corrected chi connectivity index (χ3v) is 6.60. The molecule has 0 bridgehead atoms. The molecule has 2 aromatic rings. The maximum Gasteiger partial charge on any atom is 0.250 e. The molecule has 0 aliphatic rings. The molecule has 0 radical (unpaired) electrons. The number of rotatable bonds is 8. The first-order chi connectivity index (χ1) is 10.9. The van der Waals surface area contributed by atoms with Crippen LogP contribution in [0.4, 0.5) is 0 Å². The van der Waals surface area contributed by atoms with Crippen LogP contribution in [0.25, 0.3) is 0 Å². The van der Waals surface area contributed by atoms with Crippen molar-refractivity contribution in [3.05, 3.63) is 52.4 Å². The van der Waals surface area contributed by atoms with Crippen LogP contribution < -0.4 is 10.0 Å². The molecule has 3 N–H and O–H groups in total. The number of benzene rings is 1. The SMILES string of the molecule is CC(NCc1ccccc1)[C@@H](CO)NS(=O)(=O)c1ccc(Cl)s1. The van der Waals surface area contributed by atoms with E-state index in [4.69, 9.17) is 11.6 Å². The zero-order chi connectivity index (χ0) is 16.9. The lowest BCUT2D eigenvalue weighted by Gasteiger charge is -2.24. The summed E-state index contributed by atoms with van der Waals surface area (Å²) >= 11 is 6.76. The first kappa shape index (κ1) is 18.4. The fraction of sp³-hybridized carbons (Fsp3) is 0.333. The highest BCUT2D eigenvalue weighted by Crippen LogP contribution is 2.25. The highest BCUT2D eigenvalue weighted by atomic mass is 35.5. The molecule has 0 spiro atoms. The van der Waals surface area contributed by atoms with Gasteiger partial charge in [-0.2, -0.15) is 0 Å². The summed E-state index contributed by atoms with van der Waals surface area (Å²) in [6.07, 6.45) is 0. The van der Waals surface area contributed by atoms with E-state index < -0.39 is 16.1 Å². The summed E-state index contributed by atoms with van der Waals surface area (Å²) in [5, 5.41) is 12.7. The summed E-state index contributed by atoms with van der Waals surface area (Å²) < 4.78 is 27.6. The number of hydrogen-bond acceptors (Lipinski definition) is 5. The Kier molecular flexibility index (Phi) is 6.58. The Hall–Kier alpha value is -0.960. The number of nitrogens with one attached hydrogen (secondary N) is 2. The van der Waals surface area contributed by atoms with Gasteiger partial charge in [0.2, 0.25) is 10.0 Å². The van der Waals surface area contributed by atoms with E-state index in [-0.39, 0.29) is 16.9 Å². The highest BCUT2D eigenvalue weighted by Gasteiger charge is 2.25. The number of halogens is 1. The van der Waals surface area contributed by atoms with Crippen LogP contribution in [0.1, 0.15) is 12.5 Å². The van der Waals surface area contributed by atoms with Gasteiger partial charge in [0.15, 0.2) is 0 Å². The first-order valence-electron chi connectivity index (χ1n) is 7.08. The molecular weight excluding hydrogens is 356 g/mol. The summed E-state index contributed by atoms with van der Waals surface area (Å²) in [7, 11) is -3.69. The van der Waals surface area contributed by atoms with Gasteiger partial charge in [-0.25, -0.2) is 13.1 Å². The zero-order valence-corrected chi connectivity index (χ0v) is 15.0. The van der Waals surface area contributed by atoms with Crippen molar-refractivity contribution in [2.45, 2.75) is 29.8 Å². The van der Waals surface area contributed by atoms with Crippen molar-refractivity contribution in [3.8, 4) is 0 Å². The Morgan fingerprint density at radius 3 is 2.48 bits per heavy atom. The number of aliphatic hydroxyl groups is 1. The van der Waals surface area contributed by atoms with Crippen LogP contribution in [0.5, 0.6) is 0 Å². The first-order valence-corrected chi connectivity index (χ1v) is 9.76. The van der Waals surface area contributed by atoms with Gasteiger partial charge in [-0.15, -0.1) is 11.3 Å². The molecule has 0 aliphatic heterocycles. The van der Waals surface area contributed by atoms with Gasteiger partial charge >= 0.3 is 0 Å². The van der Waals surface area contributed by atoms with E-state index in [9.17, 15) is 13.5 Å². The third-order valence-electron chi connectivity index (χ3n) is 3.39. The molecule has 1 heterocycles. The lowest BCUT2D eigenvalue weighted by Crippen LogP contribution is -2.50. The normalized spacial score (nSPS) is 14.6. The average Bonchev–Trinajstić information content (AvgIpc) is 2.99. The van der Waals surface area contributed by atoms with Gasteiger partial charge in [0, 0.05) is 12.6 Å². The van der Waals surface area contributed by atoms with Crippen LogP contribution in [0.2, 0.25) is 4.34 Å². The zero-order valence-electron chi connectivity index (χ0n) is 12.6. The average molecular weight is 375 g/mol. The topological polar surface area (TPSA) is 78.4 Å². The number of aliphatic hydroxyl groups excluding tert-OH is 1. The Bertz CT molecular complexity index is 719. The number of thiophene rings is 1. The largest absolute Gasteiger partial charge is 0.395 e. The lowest BCUT2D eigenvalue weighted by atomic mass is 10.1. The Morgan fingerprint density at radius 2 is 1.91 bits per heavy atom. The van der Waals surface area contributed by atoms with Crippen molar-refractivity contribution in [2.75, 3.05) is 6.61 Å². The predicted molar refractivity (Wildman–Crippen MR) is 93.3 cm³/mol. The van der Waals surface area contributed by atoms with Crippen LogP contribution >= 0.6 is 22.9 Å². The van der Waals surface area contributed by atoms with E-state index in [2.05, 4.69) is 10.0 Å². The molecule has 0 fully saturated rings. The quantitative estimate of drug-likeness (QED) is 0.662. The van der Waals surface area contributed by atoms with Crippen LogP contribution in [0.3, 0.4) is 0 Å². The molecule has 1 aromatic carbocycles. The molecule has 0 aliphatic carbocycles. The van der Waals surface area contributed by atoms with E-state index in [0.29, 0.717) is 10.9 Å². The van der Waals surface area contributed by atoms with E-state index in [0.717, 1.165) is 16.9 Å². The minimum Gasteiger partial charge on any atom is -0.395 e. The Morgan fingerprint density at radius 1 is 1.22 bits per heavy atom. The van der Waals surface area contributed by atoms with Crippen molar-refractivity contribution in [2.24, 2.45) is 0 Å². The Balaban J connectivity index is 1.98. The fourth-order valence-electron chi connectivity index (χ4n) is 2.01. The summed E-state index contributed by atoms with van der Waals surface area (Å²) in [5.41, 5.74) is 1.09.